The van der Waals surface area contributed by atoms with Gasteiger partial charge in [0.1, 0.15) is 11.5 Å². The van der Waals surface area contributed by atoms with Gasteiger partial charge in [-0.2, -0.15) is 0 Å². The highest BCUT2D eigenvalue weighted by Gasteiger charge is 2.14. The maximum Gasteiger partial charge on any atom is 0.127 e. The zero-order chi connectivity index (χ0) is 12.9. The minimum Gasteiger partial charge on any atom is -0.457 e. The lowest BCUT2D eigenvalue weighted by atomic mass is 10.1. The van der Waals surface area contributed by atoms with Crippen molar-refractivity contribution in [1.29, 1.82) is 0 Å². The Hall–Kier alpha value is -1.55. The quantitative estimate of drug-likeness (QED) is 0.911. The molecule has 1 atom stereocenters. The molecule has 0 unspecified atom stereocenters. The molecule has 3 rings (SSSR count). The van der Waals surface area contributed by atoms with Gasteiger partial charge in [-0.05, 0) is 29.8 Å². The standard InChI is InChI=1S/C16H18N2O.ClH/c1-2-6-14(7-3-1)19-15-8-4-5-13(11-15)16-12-17-9-10-18-16;/h1-8,11,16-18H,9-10,12H2;1H/t16-;/m1./s1. The van der Waals surface area contributed by atoms with Crippen LogP contribution in [0.3, 0.4) is 0 Å². The molecule has 0 aromatic heterocycles. The van der Waals surface area contributed by atoms with Crippen LogP contribution in [0.5, 0.6) is 11.5 Å². The van der Waals surface area contributed by atoms with Crippen LogP contribution in [0, 0.1) is 0 Å². The van der Waals surface area contributed by atoms with Crippen molar-refractivity contribution in [1.82, 2.24) is 10.6 Å². The summed E-state index contributed by atoms with van der Waals surface area (Å²) in [6.45, 7) is 3.01. The van der Waals surface area contributed by atoms with E-state index in [4.69, 9.17) is 4.74 Å². The second kappa shape index (κ2) is 7.29. The lowest BCUT2D eigenvalue weighted by molar-refractivity contribution is 0.427. The highest BCUT2D eigenvalue weighted by atomic mass is 35.5. The first-order valence-electron chi connectivity index (χ1n) is 6.69. The van der Waals surface area contributed by atoms with E-state index in [1.54, 1.807) is 0 Å². The van der Waals surface area contributed by atoms with Crippen molar-refractivity contribution in [2.75, 3.05) is 19.6 Å². The highest BCUT2D eigenvalue weighted by molar-refractivity contribution is 5.85. The van der Waals surface area contributed by atoms with Crippen molar-refractivity contribution >= 4 is 12.4 Å². The Morgan fingerprint density at radius 3 is 2.45 bits per heavy atom. The van der Waals surface area contributed by atoms with Gasteiger partial charge in [0.15, 0.2) is 0 Å². The number of halogens is 1. The molecule has 0 radical (unpaired) electrons. The summed E-state index contributed by atoms with van der Waals surface area (Å²) in [5, 5.41) is 6.91. The molecule has 1 fully saturated rings. The highest BCUT2D eigenvalue weighted by Crippen LogP contribution is 2.24. The van der Waals surface area contributed by atoms with Gasteiger partial charge in [-0.25, -0.2) is 0 Å². The summed E-state index contributed by atoms with van der Waals surface area (Å²) in [5.74, 6) is 1.76. The van der Waals surface area contributed by atoms with Crippen LogP contribution >= 0.6 is 12.4 Å². The normalized spacial score (nSPS) is 18.1. The van der Waals surface area contributed by atoms with Crippen molar-refractivity contribution in [2.45, 2.75) is 6.04 Å². The average Bonchev–Trinajstić information content (AvgIpc) is 2.49. The van der Waals surface area contributed by atoms with Gasteiger partial charge in [-0.3, -0.25) is 0 Å². The number of rotatable bonds is 3. The van der Waals surface area contributed by atoms with Crippen LogP contribution in [0.15, 0.2) is 54.6 Å². The number of para-hydroxylation sites is 1. The molecule has 1 aliphatic heterocycles. The number of benzene rings is 2. The summed E-state index contributed by atoms with van der Waals surface area (Å²) in [6.07, 6.45) is 0. The number of ether oxygens (including phenoxy) is 1. The van der Waals surface area contributed by atoms with E-state index in [1.807, 2.05) is 42.5 Å². The van der Waals surface area contributed by atoms with Crippen molar-refractivity contribution in [3.63, 3.8) is 0 Å². The molecule has 2 aromatic rings. The monoisotopic (exact) mass is 290 g/mol. The smallest absolute Gasteiger partial charge is 0.127 e. The third-order valence-electron chi connectivity index (χ3n) is 3.28. The summed E-state index contributed by atoms with van der Waals surface area (Å²) in [5.41, 5.74) is 1.26. The van der Waals surface area contributed by atoms with E-state index in [-0.39, 0.29) is 12.4 Å². The summed E-state index contributed by atoms with van der Waals surface area (Å²) in [4.78, 5) is 0. The van der Waals surface area contributed by atoms with E-state index in [2.05, 4.69) is 22.8 Å². The van der Waals surface area contributed by atoms with E-state index < -0.39 is 0 Å². The fourth-order valence-electron chi connectivity index (χ4n) is 2.31. The fraction of sp³-hybridized carbons (Fsp3) is 0.250. The summed E-state index contributed by atoms with van der Waals surface area (Å²) >= 11 is 0. The van der Waals surface area contributed by atoms with Crippen LogP contribution in [-0.2, 0) is 0 Å². The van der Waals surface area contributed by atoms with Gasteiger partial charge < -0.3 is 15.4 Å². The average molecular weight is 291 g/mol. The van der Waals surface area contributed by atoms with Crippen LogP contribution < -0.4 is 15.4 Å². The second-order valence-corrected chi connectivity index (χ2v) is 4.70. The molecule has 106 valence electrons. The minimum absolute atomic E-state index is 0. The summed E-state index contributed by atoms with van der Waals surface area (Å²) in [7, 11) is 0. The van der Waals surface area contributed by atoms with E-state index >= 15 is 0 Å². The Labute approximate surface area is 125 Å². The van der Waals surface area contributed by atoms with Gasteiger partial charge in [0, 0.05) is 25.7 Å². The zero-order valence-electron chi connectivity index (χ0n) is 11.2. The van der Waals surface area contributed by atoms with Crippen molar-refractivity contribution in [3.8, 4) is 11.5 Å². The molecule has 2 aromatic carbocycles. The summed E-state index contributed by atoms with van der Waals surface area (Å²) < 4.78 is 5.86. The maximum absolute atomic E-state index is 5.86. The van der Waals surface area contributed by atoms with Crippen molar-refractivity contribution < 1.29 is 4.74 Å². The molecule has 4 heteroatoms. The van der Waals surface area contributed by atoms with E-state index in [9.17, 15) is 0 Å². The van der Waals surface area contributed by atoms with Crippen molar-refractivity contribution in [2.24, 2.45) is 0 Å². The van der Waals surface area contributed by atoms with Gasteiger partial charge in [0.25, 0.3) is 0 Å². The Balaban J connectivity index is 0.00000147. The number of hydrogen-bond donors (Lipinski definition) is 2. The largest absolute Gasteiger partial charge is 0.457 e. The van der Waals surface area contributed by atoms with Crippen LogP contribution in [0.25, 0.3) is 0 Å². The molecule has 2 N–H and O–H groups in total. The third-order valence-corrected chi connectivity index (χ3v) is 3.28. The first-order valence-corrected chi connectivity index (χ1v) is 6.69. The number of hydrogen-bond acceptors (Lipinski definition) is 3. The first kappa shape index (κ1) is 14.9. The predicted octanol–water partition coefficient (Wildman–Crippen LogP) is 3.13. The van der Waals surface area contributed by atoms with Gasteiger partial charge in [0.05, 0.1) is 0 Å². The molecule has 1 saturated heterocycles. The van der Waals surface area contributed by atoms with Gasteiger partial charge in [-0.15, -0.1) is 12.4 Å². The molecular formula is C16H19ClN2O. The summed E-state index contributed by atoms with van der Waals surface area (Å²) in [6, 6.07) is 18.5. The van der Waals surface area contributed by atoms with Crippen LogP contribution in [0.4, 0.5) is 0 Å². The van der Waals surface area contributed by atoms with E-state index in [0.717, 1.165) is 31.1 Å². The Morgan fingerprint density at radius 2 is 1.70 bits per heavy atom. The lowest BCUT2D eigenvalue weighted by Crippen LogP contribution is -2.42. The van der Waals surface area contributed by atoms with E-state index in [0.29, 0.717) is 6.04 Å². The number of nitrogens with one attached hydrogen (secondary N) is 2. The van der Waals surface area contributed by atoms with Gasteiger partial charge >= 0.3 is 0 Å². The van der Waals surface area contributed by atoms with Gasteiger partial charge in [-0.1, -0.05) is 30.3 Å². The molecule has 0 amide bonds. The number of piperazine rings is 1. The van der Waals surface area contributed by atoms with Crippen LogP contribution in [0.1, 0.15) is 11.6 Å². The third kappa shape index (κ3) is 3.73. The Morgan fingerprint density at radius 1 is 0.900 bits per heavy atom. The predicted molar refractivity (Wildman–Crippen MR) is 83.8 cm³/mol. The van der Waals surface area contributed by atoms with E-state index in [1.165, 1.54) is 5.56 Å². The molecule has 3 nitrogen and oxygen atoms in total. The fourth-order valence-corrected chi connectivity index (χ4v) is 2.31. The van der Waals surface area contributed by atoms with Crippen molar-refractivity contribution in [3.05, 3.63) is 60.2 Å². The molecule has 20 heavy (non-hydrogen) atoms. The minimum atomic E-state index is 0. The SMILES string of the molecule is Cl.c1ccc(Oc2cccc([C@H]3CNCCN3)c2)cc1. The topological polar surface area (TPSA) is 33.3 Å². The molecule has 0 bridgehead atoms. The lowest BCUT2D eigenvalue weighted by Gasteiger charge is -2.25. The molecule has 0 saturated carbocycles. The molecule has 1 aliphatic rings. The Kier molecular flexibility index (Phi) is 5.41. The molecule has 0 spiro atoms. The maximum atomic E-state index is 5.86. The molecule has 0 aliphatic carbocycles. The zero-order valence-corrected chi connectivity index (χ0v) is 12.0. The molecule has 1 heterocycles. The molecular weight excluding hydrogens is 272 g/mol. The Bertz CT molecular complexity index is 527. The second-order valence-electron chi connectivity index (χ2n) is 4.70. The van der Waals surface area contributed by atoms with Crippen LogP contribution in [-0.4, -0.2) is 19.6 Å². The van der Waals surface area contributed by atoms with Gasteiger partial charge in [0.2, 0.25) is 0 Å². The first-order chi connectivity index (χ1) is 9.42. The van der Waals surface area contributed by atoms with Crippen LogP contribution in [0.2, 0.25) is 0 Å².